The van der Waals surface area contributed by atoms with Crippen molar-refractivity contribution in [2.75, 3.05) is 18.1 Å². The Hall–Kier alpha value is -3.51. The molecule has 1 aliphatic heterocycles. The molecule has 0 bridgehead atoms. The van der Waals surface area contributed by atoms with E-state index < -0.39 is 0 Å². The number of anilines is 1. The highest BCUT2D eigenvalue weighted by molar-refractivity contribution is 6.31. The van der Waals surface area contributed by atoms with Gasteiger partial charge in [-0.2, -0.15) is 0 Å². The Labute approximate surface area is 191 Å². The lowest BCUT2D eigenvalue weighted by Gasteiger charge is -2.19. The first-order chi connectivity index (χ1) is 15.5. The molecule has 0 aliphatic carbocycles. The van der Waals surface area contributed by atoms with Crippen molar-refractivity contribution in [3.8, 4) is 0 Å². The number of pyridine rings is 3. The number of nitrogens with one attached hydrogen (secondary N) is 1. The van der Waals surface area contributed by atoms with E-state index in [2.05, 4.69) is 37.3 Å². The van der Waals surface area contributed by atoms with Crippen molar-refractivity contribution < 1.29 is 4.79 Å². The lowest BCUT2D eigenvalue weighted by molar-refractivity contribution is 0.0953. The first-order valence-corrected chi connectivity index (χ1v) is 10.9. The Morgan fingerprint density at radius 1 is 1.12 bits per heavy atom. The Morgan fingerprint density at radius 2 is 2.03 bits per heavy atom. The van der Waals surface area contributed by atoms with Gasteiger partial charge in [-0.25, -0.2) is 4.98 Å². The second-order valence-electron chi connectivity index (χ2n) is 8.01. The third kappa shape index (κ3) is 4.27. The predicted molar refractivity (Wildman–Crippen MR) is 126 cm³/mol. The minimum Gasteiger partial charge on any atom is -0.338 e. The first-order valence-electron chi connectivity index (χ1n) is 10.5. The summed E-state index contributed by atoms with van der Waals surface area (Å²) >= 11 is 6.07. The van der Waals surface area contributed by atoms with Crippen LogP contribution in [0.4, 0.5) is 5.82 Å². The number of aryl methyl sites for hydroxylation is 1. The largest absolute Gasteiger partial charge is 0.338 e. The summed E-state index contributed by atoms with van der Waals surface area (Å²) in [4.78, 5) is 28.3. The summed E-state index contributed by atoms with van der Waals surface area (Å²) in [6, 6.07) is 15.7. The van der Waals surface area contributed by atoms with Gasteiger partial charge < -0.3 is 10.2 Å². The molecule has 0 unspecified atom stereocenters. The summed E-state index contributed by atoms with van der Waals surface area (Å²) in [6.07, 6.45) is 4.89. The van der Waals surface area contributed by atoms with Crippen molar-refractivity contribution in [1.29, 1.82) is 0 Å². The average Bonchev–Trinajstić information content (AvgIpc) is 3.19. The summed E-state index contributed by atoms with van der Waals surface area (Å²) in [5.41, 5.74) is 5.61. The number of fused-ring (bicyclic) bond motifs is 2. The van der Waals surface area contributed by atoms with E-state index in [1.54, 1.807) is 18.5 Å². The van der Waals surface area contributed by atoms with Gasteiger partial charge in [0, 0.05) is 47.7 Å². The molecule has 0 fully saturated rings. The average molecular weight is 444 g/mol. The predicted octanol–water partition coefficient (Wildman–Crippen LogP) is 4.33. The van der Waals surface area contributed by atoms with E-state index in [1.165, 1.54) is 5.56 Å². The highest BCUT2D eigenvalue weighted by atomic mass is 35.5. The number of benzene rings is 1. The SMILES string of the molecule is Cc1ccc2c(n1)N(CNC(=O)c1ccnc(Cc3ccc4ncc(Cl)cc4c3)c1)CC2. The number of carbonyl (C=O) groups is 1. The van der Waals surface area contributed by atoms with Crippen LogP contribution in [0.1, 0.15) is 32.9 Å². The van der Waals surface area contributed by atoms with Crippen LogP contribution in [0.3, 0.4) is 0 Å². The molecule has 1 N–H and O–H groups in total. The first kappa shape index (κ1) is 20.4. The monoisotopic (exact) mass is 443 g/mol. The van der Waals surface area contributed by atoms with Crippen LogP contribution in [0, 0.1) is 6.92 Å². The van der Waals surface area contributed by atoms with Gasteiger partial charge in [0.2, 0.25) is 0 Å². The number of nitrogens with zero attached hydrogens (tertiary/aromatic N) is 4. The van der Waals surface area contributed by atoms with Crippen LogP contribution in [0.2, 0.25) is 5.02 Å². The van der Waals surface area contributed by atoms with Crippen LogP contribution in [-0.4, -0.2) is 34.1 Å². The molecule has 1 aliphatic rings. The Morgan fingerprint density at radius 3 is 2.94 bits per heavy atom. The topological polar surface area (TPSA) is 71.0 Å². The molecule has 0 saturated heterocycles. The van der Waals surface area contributed by atoms with Crippen molar-refractivity contribution in [2.45, 2.75) is 19.8 Å². The fourth-order valence-electron chi connectivity index (χ4n) is 4.01. The van der Waals surface area contributed by atoms with Gasteiger partial charge in [-0.05, 0) is 60.9 Å². The molecule has 5 rings (SSSR count). The molecule has 3 aromatic heterocycles. The lowest BCUT2D eigenvalue weighted by Crippen LogP contribution is -2.37. The van der Waals surface area contributed by atoms with Crippen LogP contribution >= 0.6 is 11.6 Å². The van der Waals surface area contributed by atoms with Crippen LogP contribution < -0.4 is 10.2 Å². The molecule has 4 aromatic rings. The van der Waals surface area contributed by atoms with E-state index >= 15 is 0 Å². The maximum Gasteiger partial charge on any atom is 0.252 e. The fourth-order valence-corrected chi connectivity index (χ4v) is 4.18. The van der Waals surface area contributed by atoms with Crippen molar-refractivity contribution >= 4 is 34.2 Å². The second-order valence-corrected chi connectivity index (χ2v) is 8.44. The highest BCUT2D eigenvalue weighted by Crippen LogP contribution is 2.25. The second kappa shape index (κ2) is 8.55. The molecule has 6 nitrogen and oxygen atoms in total. The molecule has 0 radical (unpaired) electrons. The van der Waals surface area contributed by atoms with E-state index in [4.69, 9.17) is 11.6 Å². The quantitative estimate of drug-likeness (QED) is 0.497. The molecular weight excluding hydrogens is 422 g/mol. The van der Waals surface area contributed by atoms with E-state index in [1.807, 2.05) is 37.3 Å². The van der Waals surface area contributed by atoms with E-state index in [-0.39, 0.29) is 5.91 Å². The summed E-state index contributed by atoms with van der Waals surface area (Å²) in [5.74, 6) is 0.843. The molecule has 1 aromatic carbocycles. The molecular formula is C25H22ClN5O. The molecule has 1 amide bonds. The molecule has 0 spiro atoms. The fraction of sp³-hybridized carbons (Fsp3) is 0.200. The van der Waals surface area contributed by atoms with E-state index in [9.17, 15) is 4.79 Å². The zero-order valence-corrected chi connectivity index (χ0v) is 18.4. The Bertz CT molecular complexity index is 1320. The van der Waals surface area contributed by atoms with Crippen LogP contribution in [0.25, 0.3) is 10.9 Å². The number of hydrogen-bond donors (Lipinski definition) is 1. The minimum absolute atomic E-state index is 0.121. The van der Waals surface area contributed by atoms with Gasteiger partial charge in [0.15, 0.2) is 0 Å². The maximum absolute atomic E-state index is 12.8. The summed E-state index contributed by atoms with van der Waals surface area (Å²) < 4.78 is 0. The van der Waals surface area contributed by atoms with E-state index in [0.29, 0.717) is 23.7 Å². The van der Waals surface area contributed by atoms with Crippen molar-refractivity contribution in [3.63, 3.8) is 0 Å². The van der Waals surface area contributed by atoms with Gasteiger partial charge in [-0.3, -0.25) is 14.8 Å². The van der Waals surface area contributed by atoms with Gasteiger partial charge in [0.1, 0.15) is 5.82 Å². The summed E-state index contributed by atoms with van der Waals surface area (Å²) in [6.45, 7) is 3.27. The van der Waals surface area contributed by atoms with Gasteiger partial charge in [-0.1, -0.05) is 23.7 Å². The Kier molecular flexibility index (Phi) is 5.45. The van der Waals surface area contributed by atoms with Crippen molar-refractivity contribution in [2.24, 2.45) is 0 Å². The zero-order valence-electron chi connectivity index (χ0n) is 17.7. The summed E-state index contributed by atoms with van der Waals surface area (Å²) in [7, 11) is 0. The molecule has 4 heterocycles. The van der Waals surface area contributed by atoms with Gasteiger partial charge >= 0.3 is 0 Å². The zero-order chi connectivity index (χ0) is 22.1. The standard InChI is InChI=1S/C25H22ClN5O/c1-16-2-4-18-7-9-31(24(18)30-16)15-29-25(32)19-6-8-27-22(13-19)11-17-3-5-23-20(10-17)12-21(26)14-28-23/h2-6,8,10,12-14H,7,9,11,15H2,1H3,(H,29,32). The molecule has 0 atom stereocenters. The lowest BCUT2D eigenvalue weighted by atomic mass is 10.1. The van der Waals surface area contributed by atoms with Crippen molar-refractivity contribution in [1.82, 2.24) is 20.3 Å². The highest BCUT2D eigenvalue weighted by Gasteiger charge is 2.21. The maximum atomic E-state index is 12.8. The molecule has 0 saturated carbocycles. The molecule has 32 heavy (non-hydrogen) atoms. The molecule has 7 heteroatoms. The number of halogens is 1. The minimum atomic E-state index is -0.121. The number of aromatic nitrogens is 3. The van der Waals surface area contributed by atoms with Gasteiger partial charge in [0.05, 0.1) is 17.2 Å². The van der Waals surface area contributed by atoms with Gasteiger partial charge in [-0.15, -0.1) is 0 Å². The van der Waals surface area contributed by atoms with Crippen LogP contribution in [0.15, 0.2) is 60.9 Å². The molecule has 160 valence electrons. The van der Waals surface area contributed by atoms with Crippen molar-refractivity contribution in [3.05, 3.63) is 94.0 Å². The number of hydrogen-bond acceptors (Lipinski definition) is 5. The van der Waals surface area contributed by atoms with Crippen LogP contribution in [-0.2, 0) is 12.8 Å². The van der Waals surface area contributed by atoms with E-state index in [0.717, 1.165) is 46.6 Å². The normalized spacial score (nSPS) is 12.8. The number of rotatable bonds is 5. The number of carbonyl (C=O) groups excluding carboxylic acids is 1. The van der Waals surface area contributed by atoms with Crippen LogP contribution in [0.5, 0.6) is 0 Å². The third-order valence-corrected chi connectivity index (χ3v) is 5.86. The summed E-state index contributed by atoms with van der Waals surface area (Å²) in [5, 5.41) is 4.61. The smallest absolute Gasteiger partial charge is 0.252 e. The van der Waals surface area contributed by atoms with Gasteiger partial charge in [0.25, 0.3) is 5.91 Å². The Balaban J connectivity index is 1.27. The number of amides is 1. The third-order valence-electron chi connectivity index (χ3n) is 5.65.